The van der Waals surface area contributed by atoms with Crippen molar-refractivity contribution in [3.8, 4) is 0 Å². The molecule has 4 N–H and O–H groups in total. The van der Waals surface area contributed by atoms with E-state index in [0.717, 1.165) is 86.1 Å². The van der Waals surface area contributed by atoms with Crippen molar-refractivity contribution in [3.05, 3.63) is 228 Å². The zero-order valence-corrected chi connectivity index (χ0v) is 67.5. The molecule has 0 unspecified atom stereocenters. The van der Waals surface area contributed by atoms with Crippen LogP contribution in [-0.4, -0.2) is 124 Å². The van der Waals surface area contributed by atoms with E-state index < -0.39 is 150 Å². The number of methoxy groups -OCH3 is 2. The van der Waals surface area contributed by atoms with Gasteiger partial charge in [-0.25, -0.2) is 68.6 Å². The van der Waals surface area contributed by atoms with E-state index >= 15 is 0 Å². The molecule has 9 aromatic rings. The van der Waals surface area contributed by atoms with Crippen LogP contribution in [0, 0.1) is 5.53 Å². The highest BCUT2D eigenvalue weighted by atomic mass is 35.5. The van der Waals surface area contributed by atoms with Crippen LogP contribution >= 0.6 is 81.4 Å². The summed E-state index contributed by atoms with van der Waals surface area (Å²) >= 11 is 39.2. The van der Waals surface area contributed by atoms with E-state index in [2.05, 4.69) is 80.6 Å². The molecule has 6 heterocycles. The number of carboxylic acids is 1. The number of pyridine rings is 6. The molecule has 0 atom stereocenters. The third-order valence-corrected chi connectivity index (χ3v) is 20.6. The predicted octanol–water partition coefficient (Wildman–Crippen LogP) is 18.7. The molecule has 0 saturated carbocycles. The molecular weight excluding hydrogens is 1740 g/mol. The van der Waals surface area contributed by atoms with Crippen LogP contribution in [0.4, 0.5) is 74.0 Å². The minimum Gasteiger partial charge on any atom is -0.476 e. The Morgan fingerprint density at radius 3 is 1.22 bits per heavy atom. The number of ether oxygens (including phenoxy) is 2. The summed E-state index contributed by atoms with van der Waals surface area (Å²) in [6, 6.07) is 24.9. The van der Waals surface area contributed by atoms with Crippen LogP contribution in [0.15, 0.2) is 194 Å². The fraction of sp³-hybridized carbons (Fsp3) is 0.239. The van der Waals surface area contributed by atoms with Crippen molar-refractivity contribution in [2.45, 2.75) is 92.9 Å². The number of hydrogen-bond donors (Lipinski definition) is 4. The third-order valence-electron chi connectivity index (χ3n) is 14.1. The van der Waals surface area contributed by atoms with Gasteiger partial charge in [0, 0.05) is 69.5 Å². The Balaban J connectivity index is 0.000000281. The van der Waals surface area contributed by atoms with Gasteiger partial charge in [-0.05, 0) is 161 Å². The van der Waals surface area contributed by atoms with E-state index in [9.17, 15) is 84.3 Å². The molecule has 0 aliphatic carbocycles. The van der Waals surface area contributed by atoms with Crippen molar-refractivity contribution in [2.75, 3.05) is 56.1 Å². The SMILES string of the molecule is CC(C)N(C(=O)c1ncc(Cl)cc1NS(=O)(=O)c1ccc(Cl)c(C(F)(F)F)c1)c1ccccn1.CC(C)Nc1ccccn1.COCN(c1cc(Cl)cnc1C(=O)N(c1ccccn1)C(C)C)S(=O)(=O)c1ccc(Cl)c(C(F)(F)F)c1.COCN(c1cc(Cl)cnc1C(=O)O)S(=O)(=O)c1ccc(Cl)c(C(F)(F)F)c1.N=NN=NCl. The number of nitrogens with zero attached hydrogens (tertiary/aromatic N) is 13. The summed E-state index contributed by atoms with van der Waals surface area (Å²) in [6.45, 7) is 9.69. The fourth-order valence-corrected chi connectivity index (χ4v) is 14.4. The average Bonchev–Trinajstić information content (AvgIpc) is 0.770. The summed E-state index contributed by atoms with van der Waals surface area (Å²) in [5.41, 5.74) is -0.587. The number of sulfonamides is 3. The number of carbonyl (C=O) groups is 3. The largest absolute Gasteiger partial charge is 0.476 e. The number of hydrogen-bond acceptors (Lipinski definition) is 20. The Labute approximate surface area is 680 Å². The fourth-order valence-electron chi connectivity index (χ4n) is 9.32. The molecule has 28 nitrogen and oxygen atoms in total. The molecule has 0 aliphatic rings. The van der Waals surface area contributed by atoms with Crippen molar-refractivity contribution in [2.24, 2.45) is 15.1 Å². The summed E-state index contributed by atoms with van der Waals surface area (Å²) in [6.07, 6.45) is -6.66. The second-order valence-electron chi connectivity index (χ2n) is 23.2. The first-order valence-electron chi connectivity index (χ1n) is 31.6. The molecule has 2 amide bonds. The van der Waals surface area contributed by atoms with Gasteiger partial charge in [-0.3, -0.25) is 24.1 Å². The molecule has 0 radical (unpaired) electrons. The number of aromatic nitrogens is 6. The molecule has 0 bridgehead atoms. The van der Waals surface area contributed by atoms with Gasteiger partial charge in [-0.1, -0.05) is 92.4 Å². The first kappa shape index (κ1) is 95.1. The maximum absolute atomic E-state index is 13.7. The minimum absolute atomic E-state index is 0.00438. The lowest BCUT2D eigenvalue weighted by molar-refractivity contribution is -0.138. The van der Waals surface area contributed by atoms with Crippen LogP contribution in [0.1, 0.15) is 89.7 Å². The maximum atomic E-state index is 13.7. The van der Waals surface area contributed by atoms with E-state index in [-0.39, 0.29) is 43.6 Å². The number of rotatable bonds is 23. The highest BCUT2D eigenvalue weighted by molar-refractivity contribution is 7.93. The van der Waals surface area contributed by atoms with Gasteiger partial charge in [0.25, 0.3) is 41.9 Å². The van der Waals surface area contributed by atoms with Gasteiger partial charge >= 0.3 is 24.5 Å². The van der Waals surface area contributed by atoms with Gasteiger partial charge in [-0.15, -0.1) is 0 Å². The monoisotopic (exact) mass is 1790 g/mol. The highest BCUT2D eigenvalue weighted by Gasteiger charge is 2.41. The second-order valence-corrected chi connectivity index (χ2v) is 31.2. The number of nitrogens with one attached hydrogen (secondary N) is 3. The molecular formula is C67H62Cl7F9N16O12S3. The van der Waals surface area contributed by atoms with Crippen molar-refractivity contribution < 1.29 is 93.7 Å². The van der Waals surface area contributed by atoms with Gasteiger partial charge in [-0.2, -0.15) is 45.0 Å². The van der Waals surface area contributed by atoms with E-state index in [1.165, 1.54) is 29.3 Å². The van der Waals surface area contributed by atoms with Crippen LogP contribution < -0.4 is 28.4 Å². The molecule has 0 aliphatic heterocycles. The summed E-state index contributed by atoms with van der Waals surface area (Å²) in [4.78, 5) is 62.8. The predicted molar refractivity (Wildman–Crippen MR) is 409 cm³/mol. The van der Waals surface area contributed by atoms with Crippen LogP contribution in [0.5, 0.6) is 0 Å². The molecule has 6 aromatic heterocycles. The molecule has 612 valence electrons. The smallest absolute Gasteiger partial charge is 0.417 e. The quantitative estimate of drug-likeness (QED) is 0.0200. The maximum Gasteiger partial charge on any atom is 0.417 e. The van der Waals surface area contributed by atoms with Gasteiger partial charge in [0.1, 0.15) is 30.9 Å². The van der Waals surface area contributed by atoms with Crippen LogP contribution in [0.3, 0.4) is 0 Å². The third kappa shape index (κ3) is 26.0. The Bertz CT molecular complexity index is 5230. The van der Waals surface area contributed by atoms with Crippen molar-refractivity contribution >= 4 is 164 Å². The molecule has 114 heavy (non-hydrogen) atoms. The number of carboxylic acid groups (broad SMARTS) is 1. The van der Waals surface area contributed by atoms with E-state index in [1.54, 1.807) is 70.3 Å². The van der Waals surface area contributed by atoms with Crippen LogP contribution in [0.25, 0.3) is 0 Å². The van der Waals surface area contributed by atoms with Crippen molar-refractivity contribution in [3.63, 3.8) is 0 Å². The number of halogens is 16. The molecule has 3 aromatic carbocycles. The van der Waals surface area contributed by atoms with Crippen molar-refractivity contribution in [1.82, 2.24) is 29.9 Å². The summed E-state index contributed by atoms with van der Waals surface area (Å²) in [5, 5.41) is 15.4. The Morgan fingerprint density at radius 1 is 0.509 bits per heavy atom. The van der Waals surface area contributed by atoms with E-state index in [1.807, 2.05) is 18.2 Å². The number of anilines is 6. The minimum atomic E-state index is -4.91. The number of carbonyl (C=O) groups excluding carboxylic acids is 2. The van der Waals surface area contributed by atoms with Crippen LogP contribution in [-0.2, 0) is 58.1 Å². The molecule has 47 heteroatoms. The summed E-state index contributed by atoms with van der Waals surface area (Å²) in [5.74, 6) is -1.48. The summed E-state index contributed by atoms with van der Waals surface area (Å²) in [7, 11) is -11.7. The Morgan fingerprint density at radius 2 is 0.877 bits per heavy atom. The molecule has 0 spiro atoms. The number of aromatic carboxylic acids is 1. The highest BCUT2D eigenvalue weighted by Crippen LogP contribution is 2.41. The first-order valence-corrected chi connectivity index (χ1v) is 38.6. The molecule has 9 rings (SSSR count). The normalized spacial score (nSPS) is 11.7. The number of alkyl halides is 9. The van der Waals surface area contributed by atoms with Gasteiger partial charge in [0.15, 0.2) is 17.1 Å². The molecule has 0 saturated heterocycles. The number of amides is 2. The van der Waals surface area contributed by atoms with Crippen molar-refractivity contribution in [1.29, 1.82) is 5.53 Å². The first-order chi connectivity index (χ1) is 53.2. The lowest BCUT2D eigenvalue weighted by Crippen LogP contribution is -2.40. The average molecular weight is 1800 g/mol. The van der Waals surface area contributed by atoms with E-state index in [4.69, 9.17) is 84.6 Å². The topological polar surface area (TPSA) is 368 Å². The van der Waals surface area contributed by atoms with E-state index in [0.29, 0.717) is 38.7 Å². The molecule has 0 fully saturated rings. The van der Waals surface area contributed by atoms with Gasteiger partial charge < -0.3 is 19.9 Å². The number of benzene rings is 3. The Hall–Kier alpha value is -9.46. The Kier molecular flexibility index (Phi) is 34.8. The zero-order valence-electron chi connectivity index (χ0n) is 59.8. The summed E-state index contributed by atoms with van der Waals surface area (Å²) < 4.78 is 214. The lowest BCUT2D eigenvalue weighted by atomic mass is 10.2. The zero-order chi connectivity index (χ0) is 85.6. The standard InChI is InChI=1S/C23H21Cl2F3N4O4S.C21H17Cl2F3N4O3S.C15H11Cl2F3N2O5S.C8H12N2.ClHN4/c1-14(2)32(20-6-4-5-9-29-20)22(33)21-19(10-15(24)12-30-21)31(13-36-3)37(34,35)16-7-8-18(25)17(11-16)23(26,27)28;1-12(2)30(18-5-3-4-8-27-18)20(31)19-17(9-13(22)11-28-19)29-34(32,33)14-6-7-16(23)15(10-14)21(24,25)26;1-27-7-22(12-4-8(16)6-21-13(12)14(23)24)28(25,26)9-2-3-11(17)10(5-9)15(18,19)20;1-7(2)10-8-5-3-4-6-9-8;1-3-5-4-2/h4-12,14H,13H2,1-3H3;3-12,29H,1-2H3;2-6H,7H2,1H3,(H,23,24);3-7H,1-2H3,(H,9,10);2H. The van der Waals surface area contributed by atoms with Gasteiger partial charge in [0.2, 0.25) is 0 Å². The lowest BCUT2D eigenvalue weighted by Gasteiger charge is -2.29. The van der Waals surface area contributed by atoms with Gasteiger partial charge in [0.05, 0.1) is 90.4 Å². The second kappa shape index (κ2) is 41.7. The van der Waals surface area contributed by atoms with Crippen LogP contribution in [0.2, 0.25) is 30.1 Å².